The molecule has 4 heterocycles. The summed E-state index contributed by atoms with van der Waals surface area (Å²) < 4.78 is 6.13. The molecule has 0 aliphatic carbocycles. The van der Waals surface area contributed by atoms with Gasteiger partial charge >= 0.3 is 0 Å². The van der Waals surface area contributed by atoms with E-state index in [9.17, 15) is 9.59 Å². The highest BCUT2D eigenvalue weighted by Crippen LogP contribution is 2.35. The summed E-state index contributed by atoms with van der Waals surface area (Å²) in [6.07, 6.45) is 4.53. The lowest BCUT2D eigenvalue weighted by Gasteiger charge is -2.35. The molecule has 0 N–H and O–H groups in total. The number of thiophene rings is 1. The van der Waals surface area contributed by atoms with Gasteiger partial charge in [-0.05, 0) is 56.0 Å². The number of piperidine rings is 2. The molecule has 0 spiro atoms. The second kappa shape index (κ2) is 8.73. The van der Waals surface area contributed by atoms with E-state index in [1.807, 2.05) is 48.9 Å². The van der Waals surface area contributed by atoms with Crippen LogP contribution in [0.2, 0.25) is 0 Å². The molecule has 0 aromatic carbocycles. The summed E-state index contributed by atoms with van der Waals surface area (Å²) in [5.74, 6) is 1.60. The van der Waals surface area contributed by atoms with Crippen LogP contribution in [0.5, 0.6) is 0 Å². The molecule has 2 saturated heterocycles. The molecule has 2 aliphatic rings. The van der Waals surface area contributed by atoms with Gasteiger partial charge in [-0.3, -0.25) is 9.59 Å². The van der Waals surface area contributed by atoms with Crippen LogP contribution in [-0.4, -0.2) is 51.4 Å². The number of hydrogen-bond donors (Lipinski definition) is 0. The van der Waals surface area contributed by atoms with E-state index >= 15 is 0 Å². The molecule has 31 heavy (non-hydrogen) atoms. The topological polar surface area (TPSA) is 79.5 Å². The Morgan fingerprint density at radius 2 is 1.77 bits per heavy atom. The van der Waals surface area contributed by atoms with Gasteiger partial charge in [0.05, 0.1) is 4.88 Å². The number of amides is 2. The second-order valence-corrected chi connectivity index (χ2v) is 10.7. The molecule has 2 amide bonds. The fourth-order valence-electron chi connectivity index (χ4n) is 4.47. The molecule has 1 unspecified atom stereocenters. The first-order chi connectivity index (χ1) is 14.7. The molecule has 7 nitrogen and oxygen atoms in total. The second-order valence-electron chi connectivity index (χ2n) is 9.79. The summed E-state index contributed by atoms with van der Waals surface area (Å²) >= 11 is 1.49. The standard InChI is InChI=1S/C23H32N4O3S/c1-15-13-18(31-14-15)21(28)27-10-6-5-7-17(27)20-25-24-19(30-20)16-8-11-26(12-9-16)22(29)23(2,3)4/h13-14,16-17H,5-12H2,1-4H3. The Morgan fingerprint density at radius 1 is 1.06 bits per heavy atom. The zero-order chi connectivity index (χ0) is 22.2. The molecule has 0 radical (unpaired) electrons. The van der Waals surface area contributed by atoms with Crippen molar-refractivity contribution in [3.8, 4) is 0 Å². The van der Waals surface area contributed by atoms with Crippen molar-refractivity contribution < 1.29 is 14.0 Å². The summed E-state index contributed by atoms with van der Waals surface area (Å²) in [5.41, 5.74) is 0.751. The molecule has 4 rings (SSSR count). The fourth-order valence-corrected chi connectivity index (χ4v) is 5.32. The maximum absolute atomic E-state index is 13.1. The highest BCUT2D eigenvalue weighted by molar-refractivity contribution is 7.12. The smallest absolute Gasteiger partial charge is 0.264 e. The third-order valence-electron chi connectivity index (χ3n) is 6.22. The van der Waals surface area contributed by atoms with E-state index < -0.39 is 0 Å². The zero-order valence-electron chi connectivity index (χ0n) is 18.9. The van der Waals surface area contributed by atoms with Crippen molar-refractivity contribution in [2.24, 2.45) is 5.41 Å². The normalized spacial score (nSPS) is 20.8. The van der Waals surface area contributed by atoms with Gasteiger partial charge in [0.15, 0.2) is 0 Å². The Hall–Kier alpha value is -2.22. The largest absolute Gasteiger partial charge is 0.423 e. The van der Waals surface area contributed by atoms with E-state index in [4.69, 9.17) is 4.42 Å². The van der Waals surface area contributed by atoms with E-state index in [0.29, 0.717) is 31.4 Å². The molecule has 2 aromatic rings. The third-order valence-corrected chi connectivity index (χ3v) is 7.26. The van der Waals surface area contributed by atoms with Crippen molar-refractivity contribution in [1.29, 1.82) is 0 Å². The first kappa shape index (κ1) is 22.0. The lowest BCUT2D eigenvalue weighted by molar-refractivity contribution is -0.140. The van der Waals surface area contributed by atoms with Gasteiger partial charge in [-0.15, -0.1) is 21.5 Å². The van der Waals surface area contributed by atoms with Gasteiger partial charge in [0.25, 0.3) is 5.91 Å². The first-order valence-electron chi connectivity index (χ1n) is 11.2. The van der Waals surface area contributed by atoms with Crippen molar-refractivity contribution in [2.75, 3.05) is 19.6 Å². The van der Waals surface area contributed by atoms with E-state index in [1.54, 1.807) is 0 Å². The van der Waals surface area contributed by atoms with Crippen LogP contribution in [0, 0.1) is 12.3 Å². The number of likely N-dealkylation sites (tertiary alicyclic amines) is 2. The quantitative estimate of drug-likeness (QED) is 0.693. The molecule has 2 aromatic heterocycles. The van der Waals surface area contributed by atoms with Gasteiger partial charge in [0, 0.05) is 31.0 Å². The van der Waals surface area contributed by atoms with E-state index in [1.165, 1.54) is 11.3 Å². The maximum Gasteiger partial charge on any atom is 0.264 e. The Bertz CT molecular complexity index is 937. The summed E-state index contributed by atoms with van der Waals surface area (Å²) in [6.45, 7) is 10.0. The number of hydrogen-bond acceptors (Lipinski definition) is 6. The summed E-state index contributed by atoms with van der Waals surface area (Å²) in [4.78, 5) is 30.2. The number of carbonyl (C=O) groups excluding carboxylic acids is 2. The predicted octanol–water partition coefficient (Wildman–Crippen LogP) is 4.56. The average molecular weight is 445 g/mol. The Balaban J connectivity index is 1.44. The van der Waals surface area contributed by atoms with Crippen LogP contribution < -0.4 is 0 Å². The minimum absolute atomic E-state index is 0.0524. The van der Waals surface area contributed by atoms with Gasteiger partial charge in [0.2, 0.25) is 17.7 Å². The van der Waals surface area contributed by atoms with Gasteiger partial charge in [-0.1, -0.05) is 20.8 Å². The lowest BCUT2D eigenvalue weighted by atomic mass is 9.91. The van der Waals surface area contributed by atoms with Crippen molar-refractivity contribution in [1.82, 2.24) is 20.0 Å². The Kier molecular flexibility index (Phi) is 6.19. The molecular formula is C23H32N4O3S. The number of nitrogens with zero attached hydrogens (tertiary/aromatic N) is 4. The third kappa shape index (κ3) is 4.68. The molecule has 0 saturated carbocycles. The molecule has 168 valence electrons. The van der Waals surface area contributed by atoms with E-state index in [0.717, 1.165) is 42.5 Å². The Labute approximate surface area is 187 Å². The molecule has 8 heteroatoms. The summed E-state index contributed by atoms with van der Waals surface area (Å²) in [6, 6.07) is 1.79. The highest BCUT2D eigenvalue weighted by atomic mass is 32.1. The molecule has 1 atom stereocenters. The molecule has 2 fully saturated rings. The van der Waals surface area contributed by atoms with Gasteiger partial charge < -0.3 is 14.2 Å². The van der Waals surface area contributed by atoms with Crippen LogP contribution in [0.15, 0.2) is 15.9 Å². The number of aryl methyl sites for hydroxylation is 1. The predicted molar refractivity (Wildman–Crippen MR) is 119 cm³/mol. The van der Waals surface area contributed by atoms with Crippen LogP contribution >= 0.6 is 11.3 Å². The van der Waals surface area contributed by atoms with Crippen molar-refractivity contribution in [3.05, 3.63) is 33.7 Å². The fraction of sp³-hybridized carbons (Fsp3) is 0.652. The lowest BCUT2D eigenvalue weighted by Crippen LogP contribution is -2.43. The zero-order valence-corrected chi connectivity index (χ0v) is 19.7. The SMILES string of the molecule is Cc1csc(C(=O)N2CCCCC2c2nnc(C3CCN(C(=O)C(C)(C)C)CC3)o2)c1. The molecular weight excluding hydrogens is 412 g/mol. The van der Waals surface area contributed by atoms with Crippen LogP contribution in [-0.2, 0) is 4.79 Å². The van der Waals surface area contributed by atoms with Crippen LogP contribution in [0.4, 0.5) is 0 Å². The minimum Gasteiger partial charge on any atom is -0.423 e. The highest BCUT2D eigenvalue weighted by Gasteiger charge is 2.35. The summed E-state index contributed by atoms with van der Waals surface area (Å²) in [7, 11) is 0. The minimum atomic E-state index is -0.359. The number of rotatable bonds is 3. The maximum atomic E-state index is 13.1. The Morgan fingerprint density at radius 3 is 2.42 bits per heavy atom. The summed E-state index contributed by atoms with van der Waals surface area (Å²) in [5, 5.41) is 10.7. The number of aromatic nitrogens is 2. The first-order valence-corrected chi connectivity index (χ1v) is 12.1. The van der Waals surface area contributed by atoms with Gasteiger partial charge in [-0.25, -0.2) is 0 Å². The molecule has 2 aliphatic heterocycles. The molecule has 0 bridgehead atoms. The van der Waals surface area contributed by atoms with E-state index in [2.05, 4.69) is 10.2 Å². The van der Waals surface area contributed by atoms with Crippen LogP contribution in [0.25, 0.3) is 0 Å². The average Bonchev–Trinajstić information content (AvgIpc) is 3.42. The van der Waals surface area contributed by atoms with Crippen LogP contribution in [0.3, 0.4) is 0 Å². The van der Waals surface area contributed by atoms with Gasteiger partial charge in [-0.2, -0.15) is 0 Å². The van der Waals surface area contributed by atoms with E-state index in [-0.39, 0.29) is 29.2 Å². The monoisotopic (exact) mass is 444 g/mol. The van der Waals surface area contributed by atoms with Crippen molar-refractivity contribution in [3.63, 3.8) is 0 Å². The van der Waals surface area contributed by atoms with Gasteiger partial charge in [0.1, 0.15) is 6.04 Å². The van der Waals surface area contributed by atoms with Crippen LogP contribution in [0.1, 0.15) is 91.9 Å². The van der Waals surface area contributed by atoms with Crippen molar-refractivity contribution >= 4 is 23.2 Å². The number of carbonyl (C=O) groups is 2. The van der Waals surface area contributed by atoms with Crippen molar-refractivity contribution in [2.45, 2.75) is 71.8 Å².